The van der Waals surface area contributed by atoms with Gasteiger partial charge in [-0.3, -0.25) is 0 Å². The van der Waals surface area contributed by atoms with Crippen LogP contribution < -0.4 is 4.90 Å². The van der Waals surface area contributed by atoms with E-state index in [1.165, 1.54) is 32.9 Å². The van der Waals surface area contributed by atoms with E-state index in [1.54, 1.807) is 0 Å². The van der Waals surface area contributed by atoms with Crippen molar-refractivity contribution in [1.29, 1.82) is 0 Å². The second kappa shape index (κ2) is 15.3. The predicted octanol–water partition coefficient (Wildman–Crippen LogP) is 16.8. The minimum atomic E-state index is 0.848. The molecule has 0 fully saturated rings. The van der Waals surface area contributed by atoms with Gasteiger partial charge < -0.3 is 13.9 Å². The van der Waals surface area contributed by atoms with Crippen LogP contribution in [-0.4, -0.2) is 4.57 Å². The van der Waals surface area contributed by atoms with Crippen LogP contribution in [-0.2, 0) is 0 Å². The highest BCUT2D eigenvalue weighted by molar-refractivity contribution is 6.11. The zero-order chi connectivity index (χ0) is 41.7. The first-order valence-electron chi connectivity index (χ1n) is 21.5. The monoisotopic (exact) mass is 804 g/mol. The molecule has 0 radical (unpaired) electrons. The van der Waals surface area contributed by atoms with E-state index in [1.807, 2.05) is 12.1 Å². The summed E-state index contributed by atoms with van der Waals surface area (Å²) in [7, 11) is 0. The third-order valence-corrected chi connectivity index (χ3v) is 12.4. The van der Waals surface area contributed by atoms with E-state index in [9.17, 15) is 0 Å². The Labute approximate surface area is 366 Å². The van der Waals surface area contributed by atoms with E-state index < -0.39 is 0 Å². The van der Waals surface area contributed by atoms with Gasteiger partial charge in [-0.1, -0.05) is 170 Å². The van der Waals surface area contributed by atoms with Crippen molar-refractivity contribution in [1.82, 2.24) is 4.57 Å². The fraction of sp³-hybridized carbons (Fsp3) is 0. The Kier molecular flexibility index (Phi) is 8.83. The quantitative estimate of drug-likeness (QED) is 0.153. The summed E-state index contributed by atoms with van der Waals surface area (Å²) in [6.45, 7) is 0. The van der Waals surface area contributed by atoms with E-state index in [0.29, 0.717) is 0 Å². The fourth-order valence-corrected chi connectivity index (χ4v) is 9.55. The molecule has 3 heteroatoms. The summed E-state index contributed by atoms with van der Waals surface area (Å²) in [6, 6.07) is 87.2. The van der Waals surface area contributed by atoms with Gasteiger partial charge in [0.1, 0.15) is 11.2 Å². The minimum Gasteiger partial charge on any atom is -0.456 e. The molecule has 0 atom stereocenters. The van der Waals surface area contributed by atoms with Crippen LogP contribution in [0.1, 0.15) is 0 Å². The maximum absolute atomic E-state index is 6.57. The van der Waals surface area contributed by atoms with Crippen molar-refractivity contribution in [2.75, 3.05) is 4.90 Å². The number of anilines is 3. The van der Waals surface area contributed by atoms with Crippen LogP contribution in [0.3, 0.4) is 0 Å². The summed E-state index contributed by atoms with van der Waals surface area (Å²) in [6.07, 6.45) is 0. The SMILES string of the molecule is c1ccc(-c2ccccc2-c2c(-c3ccccc3)cccc2N(c2cccc(-c3ccc4c(c3)c3ccccc3n4-c3ccccc3)c2)c2ccc3c(c2)oc2ccccc23)cc1. The number of fused-ring (bicyclic) bond motifs is 6. The molecule has 12 rings (SSSR count). The van der Waals surface area contributed by atoms with Crippen molar-refractivity contribution < 1.29 is 4.42 Å². The molecule has 0 unspecified atom stereocenters. The van der Waals surface area contributed by atoms with Gasteiger partial charge in [-0.15, -0.1) is 0 Å². The number of benzene rings is 10. The Morgan fingerprint density at radius 2 is 0.889 bits per heavy atom. The van der Waals surface area contributed by atoms with Gasteiger partial charge in [-0.05, 0) is 106 Å². The number of furan rings is 1. The largest absolute Gasteiger partial charge is 0.456 e. The predicted molar refractivity (Wildman–Crippen MR) is 264 cm³/mol. The molecule has 10 aromatic carbocycles. The Morgan fingerprint density at radius 3 is 1.70 bits per heavy atom. The maximum atomic E-state index is 6.57. The number of rotatable bonds is 8. The summed E-state index contributed by atoms with van der Waals surface area (Å²) in [5, 5.41) is 4.66. The Hall–Kier alpha value is -8.40. The zero-order valence-electron chi connectivity index (χ0n) is 34.4. The molecular formula is C60H40N2O. The minimum absolute atomic E-state index is 0.848. The Balaban J connectivity index is 1.10. The van der Waals surface area contributed by atoms with Gasteiger partial charge in [0.25, 0.3) is 0 Å². The van der Waals surface area contributed by atoms with Gasteiger partial charge >= 0.3 is 0 Å². The standard InChI is InChI=1S/C60H40N2O/c1-4-18-41(19-5-1)48-26-10-11-29-53(48)60-49(42-20-6-2-7-21-42)30-17-32-57(60)61(47-35-36-52-51-28-13-15-33-58(51)63-59(52)40-47)46-25-16-22-43(38-46)44-34-37-56-54(39-44)50-27-12-14-31-55(50)62(56)45-23-8-3-9-24-45/h1-40H. The topological polar surface area (TPSA) is 21.3 Å². The first-order chi connectivity index (χ1) is 31.3. The van der Waals surface area contributed by atoms with Gasteiger partial charge in [0.15, 0.2) is 0 Å². The lowest BCUT2D eigenvalue weighted by Crippen LogP contribution is -2.12. The molecule has 296 valence electrons. The molecule has 0 N–H and O–H groups in total. The third kappa shape index (κ3) is 6.29. The summed E-state index contributed by atoms with van der Waals surface area (Å²) < 4.78 is 8.94. The first-order valence-corrected chi connectivity index (χ1v) is 21.5. The van der Waals surface area contributed by atoms with Gasteiger partial charge in [0.2, 0.25) is 0 Å². The molecule has 0 saturated carbocycles. The molecule has 0 aliphatic heterocycles. The van der Waals surface area contributed by atoms with Crippen molar-refractivity contribution in [2.45, 2.75) is 0 Å². The summed E-state index contributed by atoms with van der Waals surface area (Å²) in [5.74, 6) is 0. The Morgan fingerprint density at radius 1 is 0.317 bits per heavy atom. The second-order valence-electron chi connectivity index (χ2n) is 16.1. The zero-order valence-corrected chi connectivity index (χ0v) is 34.4. The van der Waals surface area contributed by atoms with Gasteiger partial charge in [-0.2, -0.15) is 0 Å². The highest BCUT2D eigenvalue weighted by Gasteiger charge is 2.24. The molecule has 0 aliphatic carbocycles. The molecule has 63 heavy (non-hydrogen) atoms. The second-order valence-corrected chi connectivity index (χ2v) is 16.1. The van der Waals surface area contributed by atoms with Crippen LogP contribution in [0, 0.1) is 0 Å². The normalized spacial score (nSPS) is 11.5. The van der Waals surface area contributed by atoms with Gasteiger partial charge in [-0.25, -0.2) is 0 Å². The molecule has 0 bridgehead atoms. The van der Waals surface area contributed by atoms with Crippen LogP contribution in [0.4, 0.5) is 17.1 Å². The number of nitrogens with zero attached hydrogens (tertiary/aromatic N) is 2. The molecule has 0 spiro atoms. The van der Waals surface area contributed by atoms with E-state index in [0.717, 1.165) is 78.1 Å². The van der Waals surface area contributed by atoms with Crippen molar-refractivity contribution in [3.8, 4) is 50.2 Å². The molecule has 2 heterocycles. The smallest absolute Gasteiger partial charge is 0.137 e. The summed E-state index contributed by atoms with van der Waals surface area (Å²) in [5.41, 5.74) is 17.6. The van der Waals surface area contributed by atoms with Gasteiger partial charge in [0, 0.05) is 50.2 Å². The van der Waals surface area contributed by atoms with Crippen LogP contribution in [0.15, 0.2) is 247 Å². The molecule has 0 aliphatic rings. The van der Waals surface area contributed by atoms with Gasteiger partial charge in [0.05, 0.1) is 16.7 Å². The molecule has 3 nitrogen and oxygen atoms in total. The van der Waals surface area contributed by atoms with E-state index in [2.05, 4.69) is 240 Å². The highest BCUT2D eigenvalue weighted by atomic mass is 16.3. The number of hydrogen-bond acceptors (Lipinski definition) is 2. The lowest BCUT2D eigenvalue weighted by Gasteiger charge is -2.30. The summed E-state index contributed by atoms with van der Waals surface area (Å²) in [4.78, 5) is 2.42. The van der Waals surface area contributed by atoms with Crippen molar-refractivity contribution in [2.24, 2.45) is 0 Å². The third-order valence-electron chi connectivity index (χ3n) is 12.4. The van der Waals surface area contributed by atoms with Crippen molar-refractivity contribution in [3.05, 3.63) is 243 Å². The van der Waals surface area contributed by atoms with Crippen molar-refractivity contribution >= 4 is 60.8 Å². The highest BCUT2D eigenvalue weighted by Crippen LogP contribution is 2.49. The molecule has 12 aromatic rings. The lowest BCUT2D eigenvalue weighted by atomic mass is 9.87. The molecule has 2 aromatic heterocycles. The molecule has 0 amide bonds. The number of aromatic nitrogens is 1. The Bertz CT molecular complexity index is 3620. The molecule has 0 saturated heterocycles. The fourth-order valence-electron chi connectivity index (χ4n) is 9.55. The maximum Gasteiger partial charge on any atom is 0.137 e. The number of hydrogen-bond donors (Lipinski definition) is 0. The van der Waals surface area contributed by atoms with Crippen LogP contribution in [0.25, 0.3) is 93.9 Å². The van der Waals surface area contributed by atoms with E-state index >= 15 is 0 Å². The average molecular weight is 805 g/mol. The summed E-state index contributed by atoms with van der Waals surface area (Å²) >= 11 is 0. The number of para-hydroxylation sites is 3. The van der Waals surface area contributed by atoms with Crippen molar-refractivity contribution in [3.63, 3.8) is 0 Å². The van der Waals surface area contributed by atoms with Crippen LogP contribution in [0.2, 0.25) is 0 Å². The van der Waals surface area contributed by atoms with E-state index in [-0.39, 0.29) is 0 Å². The lowest BCUT2D eigenvalue weighted by molar-refractivity contribution is 0.669. The van der Waals surface area contributed by atoms with Crippen LogP contribution >= 0.6 is 0 Å². The molecular weight excluding hydrogens is 765 g/mol. The van der Waals surface area contributed by atoms with Crippen LogP contribution in [0.5, 0.6) is 0 Å². The first kappa shape index (κ1) is 36.5. The van der Waals surface area contributed by atoms with E-state index in [4.69, 9.17) is 4.42 Å². The average Bonchev–Trinajstić information content (AvgIpc) is 3.90.